The molecule has 0 saturated carbocycles. The molecule has 0 aliphatic carbocycles. The van der Waals surface area contributed by atoms with E-state index >= 15 is 0 Å². The number of rotatable bonds is 4. The van der Waals surface area contributed by atoms with Crippen molar-refractivity contribution in [2.24, 2.45) is 7.05 Å². The largest absolute Gasteiger partial charge is 0.478 e. The van der Waals surface area contributed by atoms with Crippen LogP contribution in [-0.4, -0.2) is 25.8 Å². The van der Waals surface area contributed by atoms with Crippen LogP contribution in [0.4, 0.5) is 5.69 Å². The molecule has 110 valence electrons. The molecule has 21 heavy (non-hydrogen) atoms. The van der Waals surface area contributed by atoms with Crippen molar-refractivity contribution in [2.45, 2.75) is 6.92 Å². The van der Waals surface area contributed by atoms with E-state index in [1.807, 2.05) is 0 Å². The maximum absolute atomic E-state index is 11.2. The summed E-state index contributed by atoms with van der Waals surface area (Å²) in [6, 6.07) is 4.31. The number of nitrogens with zero attached hydrogens (tertiary/aromatic N) is 3. The van der Waals surface area contributed by atoms with E-state index in [-0.39, 0.29) is 28.6 Å². The fraction of sp³-hybridized carbons (Fsp3) is 0.167. The van der Waals surface area contributed by atoms with Crippen LogP contribution in [0.1, 0.15) is 16.1 Å². The minimum Gasteiger partial charge on any atom is -0.478 e. The average Bonchev–Trinajstić information content (AvgIpc) is 2.63. The minimum absolute atomic E-state index is 0.0111. The molecule has 0 atom stereocenters. The lowest BCUT2D eigenvalue weighted by molar-refractivity contribution is -0.386. The van der Waals surface area contributed by atoms with Gasteiger partial charge < -0.3 is 9.84 Å². The van der Waals surface area contributed by atoms with E-state index in [1.54, 1.807) is 6.07 Å². The molecule has 2 rings (SSSR count). The molecule has 0 aliphatic rings. The van der Waals surface area contributed by atoms with Gasteiger partial charge in [0.05, 0.1) is 4.92 Å². The van der Waals surface area contributed by atoms with Gasteiger partial charge in [0.25, 0.3) is 5.88 Å². The second-order valence-electron chi connectivity index (χ2n) is 4.17. The number of ether oxygens (including phenoxy) is 1. The Morgan fingerprint density at radius 2 is 2.19 bits per heavy atom. The Labute approximate surface area is 127 Å². The molecule has 8 nitrogen and oxygen atoms in total. The topological polar surface area (TPSA) is 107 Å². The van der Waals surface area contributed by atoms with Crippen LogP contribution >= 0.6 is 15.9 Å². The van der Waals surface area contributed by atoms with Gasteiger partial charge in [-0.2, -0.15) is 5.10 Å². The highest BCUT2D eigenvalue weighted by molar-refractivity contribution is 9.10. The van der Waals surface area contributed by atoms with E-state index in [4.69, 9.17) is 9.84 Å². The van der Waals surface area contributed by atoms with Crippen LogP contribution in [0.5, 0.6) is 11.6 Å². The van der Waals surface area contributed by atoms with Crippen molar-refractivity contribution in [1.29, 1.82) is 0 Å². The lowest BCUT2D eigenvalue weighted by atomic mass is 10.2. The van der Waals surface area contributed by atoms with Crippen LogP contribution in [0, 0.1) is 17.0 Å². The highest BCUT2D eigenvalue weighted by Gasteiger charge is 2.27. The number of aromatic nitrogens is 2. The third kappa shape index (κ3) is 2.87. The second-order valence-corrected chi connectivity index (χ2v) is 5.08. The monoisotopic (exact) mass is 355 g/mol. The van der Waals surface area contributed by atoms with Gasteiger partial charge in [-0.3, -0.25) is 10.1 Å². The van der Waals surface area contributed by atoms with Crippen molar-refractivity contribution in [3.63, 3.8) is 0 Å². The maximum atomic E-state index is 11.2. The first-order valence-electron chi connectivity index (χ1n) is 5.70. The van der Waals surface area contributed by atoms with Gasteiger partial charge in [-0.25, -0.2) is 9.48 Å². The SMILES string of the molecule is Cc1nn(C)c(Oc2cc(Br)ccc2C(=O)O)c1[N+](=O)[O-]. The quantitative estimate of drug-likeness (QED) is 0.667. The Bertz CT molecular complexity index is 741. The first-order chi connectivity index (χ1) is 9.81. The Hall–Kier alpha value is -2.42. The summed E-state index contributed by atoms with van der Waals surface area (Å²) in [5.41, 5.74) is -0.218. The predicted octanol–water partition coefficient (Wildman–Crippen LogP) is 2.89. The zero-order chi connectivity index (χ0) is 15.7. The van der Waals surface area contributed by atoms with E-state index in [0.717, 1.165) is 0 Å². The van der Waals surface area contributed by atoms with Crippen molar-refractivity contribution in [3.8, 4) is 11.6 Å². The zero-order valence-electron chi connectivity index (χ0n) is 11.0. The number of carboxylic acids is 1. The van der Waals surface area contributed by atoms with E-state index in [0.29, 0.717) is 4.47 Å². The third-order valence-corrected chi connectivity index (χ3v) is 3.20. The summed E-state index contributed by atoms with van der Waals surface area (Å²) in [6.45, 7) is 1.48. The van der Waals surface area contributed by atoms with Crippen molar-refractivity contribution in [3.05, 3.63) is 44.0 Å². The van der Waals surface area contributed by atoms with Gasteiger partial charge in [-0.1, -0.05) is 15.9 Å². The summed E-state index contributed by atoms with van der Waals surface area (Å²) < 4.78 is 7.23. The number of aryl methyl sites for hydroxylation is 2. The Morgan fingerprint density at radius 1 is 1.52 bits per heavy atom. The van der Waals surface area contributed by atoms with Gasteiger partial charge in [0.2, 0.25) is 0 Å². The molecule has 0 aliphatic heterocycles. The third-order valence-electron chi connectivity index (χ3n) is 2.70. The van der Waals surface area contributed by atoms with Crippen LogP contribution in [0.3, 0.4) is 0 Å². The van der Waals surface area contributed by atoms with E-state index in [2.05, 4.69) is 21.0 Å². The molecule has 1 heterocycles. The smallest absolute Gasteiger partial charge is 0.353 e. The highest BCUT2D eigenvalue weighted by Crippen LogP contribution is 2.35. The summed E-state index contributed by atoms with van der Waals surface area (Å²) in [6.07, 6.45) is 0. The first-order valence-corrected chi connectivity index (χ1v) is 6.49. The molecule has 1 aromatic carbocycles. The highest BCUT2D eigenvalue weighted by atomic mass is 79.9. The van der Waals surface area contributed by atoms with Crippen LogP contribution in [-0.2, 0) is 7.05 Å². The molecule has 1 aromatic heterocycles. The van der Waals surface area contributed by atoms with Gasteiger partial charge in [-0.05, 0) is 25.1 Å². The molecule has 9 heteroatoms. The standard InChI is InChI=1S/C12H10BrN3O5/c1-6-10(16(19)20)11(15(2)14-6)21-9-5-7(13)3-4-8(9)12(17)18/h3-5H,1-2H3,(H,17,18). The summed E-state index contributed by atoms with van der Waals surface area (Å²) in [4.78, 5) is 21.6. The number of benzene rings is 1. The number of hydrogen-bond acceptors (Lipinski definition) is 5. The van der Waals surface area contributed by atoms with Crippen molar-refractivity contribution in [1.82, 2.24) is 9.78 Å². The maximum Gasteiger partial charge on any atom is 0.353 e. The van der Waals surface area contributed by atoms with Gasteiger partial charge >= 0.3 is 11.7 Å². The van der Waals surface area contributed by atoms with Gasteiger partial charge in [0.1, 0.15) is 17.0 Å². The molecular formula is C12H10BrN3O5. The number of carboxylic acid groups (broad SMARTS) is 1. The number of halogens is 1. The Balaban J connectivity index is 2.55. The number of carbonyl (C=O) groups is 1. The predicted molar refractivity (Wildman–Crippen MR) is 75.8 cm³/mol. The molecule has 0 radical (unpaired) electrons. The van der Waals surface area contributed by atoms with Crippen molar-refractivity contribution >= 4 is 27.6 Å². The molecule has 0 bridgehead atoms. The van der Waals surface area contributed by atoms with Gasteiger partial charge in [0, 0.05) is 11.5 Å². The molecule has 0 spiro atoms. The molecule has 0 saturated heterocycles. The molecule has 2 aromatic rings. The van der Waals surface area contributed by atoms with Gasteiger partial charge in [-0.15, -0.1) is 0 Å². The van der Waals surface area contributed by atoms with Crippen LogP contribution in [0.15, 0.2) is 22.7 Å². The van der Waals surface area contributed by atoms with E-state index in [9.17, 15) is 14.9 Å². The summed E-state index contributed by atoms with van der Waals surface area (Å²) in [5.74, 6) is -1.33. The van der Waals surface area contributed by atoms with E-state index < -0.39 is 10.9 Å². The van der Waals surface area contributed by atoms with Crippen molar-refractivity contribution in [2.75, 3.05) is 0 Å². The number of nitro groups is 1. The van der Waals surface area contributed by atoms with Gasteiger partial charge in [0.15, 0.2) is 0 Å². The average molecular weight is 356 g/mol. The molecule has 1 N–H and O–H groups in total. The van der Waals surface area contributed by atoms with E-state index in [1.165, 1.54) is 30.8 Å². The normalized spacial score (nSPS) is 10.4. The Morgan fingerprint density at radius 3 is 2.76 bits per heavy atom. The molecule has 0 unspecified atom stereocenters. The minimum atomic E-state index is -1.20. The number of hydrogen-bond donors (Lipinski definition) is 1. The van der Waals surface area contributed by atoms with Crippen LogP contribution in [0.2, 0.25) is 0 Å². The fourth-order valence-electron chi connectivity index (χ4n) is 1.81. The summed E-state index contributed by atoms with van der Waals surface area (Å²) >= 11 is 3.20. The van der Waals surface area contributed by atoms with Crippen LogP contribution in [0.25, 0.3) is 0 Å². The molecular weight excluding hydrogens is 346 g/mol. The second kappa shape index (κ2) is 5.52. The lowest BCUT2D eigenvalue weighted by Gasteiger charge is -2.08. The Kier molecular flexibility index (Phi) is 3.94. The summed E-state index contributed by atoms with van der Waals surface area (Å²) in [7, 11) is 1.48. The molecule has 0 amide bonds. The summed E-state index contributed by atoms with van der Waals surface area (Å²) in [5, 5.41) is 24.1. The number of aromatic carboxylic acids is 1. The fourth-order valence-corrected chi connectivity index (χ4v) is 2.15. The molecule has 0 fully saturated rings. The zero-order valence-corrected chi connectivity index (χ0v) is 12.6. The van der Waals surface area contributed by atoms with Crippen molar-refractivity contribution < 1.29 is 19.6 Å². The van der Waals surface area contributed by atoms with Crippen LogP contribution < -0.4 is 4.74 Å². The lowest BCUT2D eigenvalue weighted by Crippen LogP contribution is -2.03. The first kappa shape index (κ1) is 15.0.